The molecule has 0 bridgehead atoms. The average molecular weight is 238 g/mol. The minimum atomic E-state index is 0. The van der Waals surface area contributed by atoms with Gasteiger partial charge in [-0.25, -0.2) is 0 Å². The van der Waals surface area contributed by atoms with E-state index in [9.17, 15) is 0 Å². The molecule has 4 radical (unpaired) electrons. The van der Waals surface area contributed by atoms with Crippen molar-refractivity contribution in [3.8, 4) is 0 Å². The number of nitrogens with two attached hydrogens (primary N) is 1. The van der Waals surface area contributed by atoms with Gasteiger partial charge in [0.15, 0.2) is 0 Å². The van der Waals surface area contributed by atoms with Crippen LogP contribution in [0.4, 0.5) is 0 Å². The van der Waals surface area contributed by atoms with Crippen molar-refractivity contribution < 1.29 is 4.74 Å². The maximum absolute atomic E-state index is 4.99. The first-order chi connectivity index (χ1) is 3.27. The maximum Gasteiger partial charge on any atom is 0.253 e. The summed E-state index contributed by atoms with van der Waals surface area (Å²) >= 11 is 4.42. The van der Waals surface area contributed by atoms with Gasteiger partial charge in [0.25, 0.3) is 5.17 Å². The van der Waals surface area contributed by atoms with Crippen LogP contribution in [-0.2, 0) is 4.74 Å². The number of thiocarbonyl (C=S) groups is 1. The molecule has 0 aliphatic carbocycles. The molecule has 0 spiro atoms. The van der Waals surface area contributed by atoms with Crippen molar-refractivity contribution >= 4 is 41.3 Å². The molecule has 0 aliphatic heterocycles. The topological polar surface area (TPSA) is 35.2 Å². The molecule has 0 aromatic rings. The van der Waals surface area contributed by atoms with Gasteiger partial charge in [0.2, 0.25) is 0 Å². The largest absolute Gasteiger partial charge is 0.471 e. The summed E-state index contributed by atoms with van der Waals surface area (Å²) in [5.41, 5.74) is 4.99. The quantitative estimate of drug-likeness (QED) is 0.554. The van der Waals surface area contributed by atoms with Crippen LogP contribution in [0.25, 0.3) is 0 Å². The van der Waals surface area contributed by atoms with E-state index in [1.165, 1.54) is 0 Å². The van der Waals surface area contributed by atoms with Gasteiger partial charge >= 0.3 is 0 Å². The van der Waals surface area contributed by atoms with Gasteiger partial charge in [0.1, 0.15) is 0 Å². The van der Waals surface area contributed by atoms with E-state index in [-0.39, 0.29) is 29.1 Å². The van der Waals surface area contributed by atoms with Gasteiger partial charge < -0.3 is 10.5 Å². The molecule has 0 aromatic carbocycles. The summed E-state index contributed by atoms with van der Waals surface area (Å²) in [7, 11) is 0. The second-order valence-electron chi connectivity index (χ2n) is 1.17. The van der Waals surface area contributed by atoms with E-state index in [2.05, 4.69) is 12.2 Å². The van der Waals surface area contributed by atoms with Crippen LogP contribution in [0.5, 0.6) is 0 Å². The first-order valence-electron chi connectivity index (χ1n) is 2.19. The van der Waals surface area contributed by atoms with Gasteiger partial charge in [0.05, 0.1) is 6.61 Å². The van der Waals surface area contributed by atoms with Crippen LogP contribution in [0, 0.1) is 0 Å². The van der Waals surface area contributed by atoms with Crippen LogP contribution in [0.3, 0.4) is 0 Å². The summed E-state index contributed by atoms with van der Waals surface area (Å²) in [6, 6.07) is 0. The Morgan fingerprint density at radius 3 is 2.38 bits per heavy atom. The Balaban J connectivity index is 0. The van der Waals surface area contributed by atoms with E-state index in [0.717, 1.165) is 6.42 Å². The second-order valence-corrected chi connectivity index (χ2v) is 1.57. The SMILES string of the molecule is CCCOC(N)=S.[Sn]. The molecule has 4 heteroatoms. The van der Waals surface area contributed by atoms with E-state index in [1.807, 2.05) is 6.92 Å². The summed E-state index contributed by atoms with van der Waals surface area (Å²) in [5.74, 6) is 0. The normalized spacial score (nSPS) is 7.12. The van der Waals surface area contributed by atoms with Gasteiger partial charge in [0, 0.05) is 23.9 Å². The number of ether oxygens (including phenoxy) is 1. The third kappa shape index (κ3) is 9.70. The summed E-state index contributed by atoms with van der Waals surface area (Å²) in [6.07, 6.45) is 0.956. The van der Waals surface area contributed by atoms with E-state index < -0.39 is 0 Å². The predicted octanol–water partition coefficient (Wildman–Crippen LogP) is 0.276. The van der Waals surface area contributed by atoms with Crippen LogP contribution >= 0.6 is 12.2 Å². The Morgan fingerprint density at radius 2 is 2.25 bits per heavy atom. The summed E-state index contributed by atoms with van der Waals surface area (Å²) in [5, 5.41) is 0.141. The molecule has 0 aliphatic rings. The van der Waals surface area contributed by atoms with Crippen LogP contribution in [0.1, 0.15) is 13.3 Å². The fourth-order valence-corrected chi connectivity index (χ4v) is 0.286. The molecule has 0 heterocycles. The molecule has 0 saturated carbocycles. The minimum absolute atomic E-state index is 0. The van der Waals surface area contributed by atoms with Crippen molar-refractivity contribution in [3.63, 3.8) is 0 Å². The molecule has 8 heavy (non-hydrogen) atoms. The summed E-state index contributed by atoms with van der Waals surface area (Å²) in [6.45, 7) is 2.63. The minimum Gasteiger partial charge on any atom is -0.471 e. The zero-order chi connectivity index (χ0) is 5.70. The molecule has 46 valence electrons. The fraction of sp³-hybridized carbons (Fsp3) is 0.750. The van der Waals surface area contributed by atoms with Crippen LogP contribution in [-0.4, -0.2) is 35.7 Å². The Hall–Kier alpha value is 0.489. The Morgan fingerprint density at radius 1 is 1.75 bits per heavy atom. The predicted molar refractivity (Wildman–Crippen MR) is 38.8 cm³/mol. The average Bonchev–Trinajstić information content (AvgIpc) is 1.61. The smallest absolute Gasteiger partial charge is 0.253 e. The molecular weight excluding hydrogens is 229 g/mol. The summed E-state index contributed by atoms with van der Waals surface area (Å²) in [4.78, 5) is 0. The molecular formula is C4H9NOSSn. The van der Waals surface area contributed by atoms with E-state index in [1.54, 1.807) is 0 Å². The van der Waals surface area contributed by atoms with E-state index >= 15 is 0 Å². The standard InChI is InChI=1S/C4H9NOS.Sn/c1-2-3-6-4(5)7;/h2-3H2,1H3,(H2,5,7);. The van der Waals surface area contributed by atoms with E-state index in [4.69, 9.17) is 10.5 Å². The number of rotatable bonds is 2. The molecule has 0 aromatic heterocycles. The number of hydrogen-bond donors (Lipinski definition) is 1. The third-order valence-corrected chi connectivity index (χ3v) is 0.566. The molecule has 2 nitrogen and oxygen atoms in total. The van der Waals surface area contributed by atoms with Gasteiger partial charge in [-0.05, 0) is 18.6 Å². The zero-order valence-corrected chi connectivity index (χ0v) is 8.48. The Kier molecular flexibility index (Phi) is 10.6. The molecule has 0 atom stereocenters. The van der Waals surface area contributed by atoms with Gasteiger partial charge in [-0.3, -0.25) is 0 Å². The first kappa shape index (κ1) is 11.3. The van der Waals surface area contributed by atoms with Crippen LogP contribution in [0.2, 0.25) is 0 Å². The first-order valence-corrected chi connectivity index (χ1v) is 2.60. The molecule has 0 saturated heterocycles. The zero-order valence-electron chi connectivity index (χ0n) is 4.81. The van der Waals surface area contributed by atoms with Crippen molar-refractivity contribution in [2.24, 2.45) is 5.73 Å². The van der Waals surface area contributed by atoms with Crippen molar-refractivity contribution in [1.29, 1.82) is 0 Å². The molecule has 2 N–H and O–H groups in total. The number of hydrogen-bond acceptors (Lipinski definition) is 2. The fourth-order valence-electron chi connectivity index (χ4n) is 0.203. The molecule has 0 amide bonds. The van der Waals surface area contributed by atoms with Crippen molar-refractivity contribution in [1.82, 2.24) is 0 Å². The molecule has 0 fully saturated rings. The van der Waals surface area contributed by atoms with E-state index in [0.29, 0.717) is 6.61 Å². The third-order valence-electron chi connectivity index (χ3n) is 0.448. The van der Waals surface area contributed by atoms with Gasteiger partial charge in [-0.2, -0.15) is 0 Å². The van der Waals surface area contributed by atoms with Crippen LogP contribution in [0.15, 0.2) is 0 Å². The molecule has 0 rings (SSSR count). The van der Waals surface area contributed by atoms with Gasteiger partial charge in [-0.15, -0.1) is 0 Å². The Labute approximate surface area is 71.7 Å². The maximum atomic E-state index is 4.99. The van der Waals surface area contributed by atoms with Crippen LogP contribution < -0.4 is 5.73 Å². The second kappa shape index (κ2) is 7.49. The molecule has 0 unspecified atom stereocenters. The summed E-state index contributed by atoms with van der Waals surface area (Å²) < 4.78 is 4.70. The Bertz CT molecular complexity index is 69.1. The monoisotopic (exact) mass is 239 g/mol. The van der Waals surface area contributed by atoms with Crippen molar-refractivity contribution in [3.05, 3.63) is 0 Å². The van der Waals surface area contributed by atoms with Crippen molar-refractivity contribution in [2.75, 3.05) is 6.61 Å². The van der Waals surface area contributed by atoms with Gasteiger partial charge in [-0.1, -0.05) is 6.92 Å². The van der Waals surface area contributed by atoms with Crippen molar-refractivity contribution in [2.45, 2.75) is 13.3 Å².